The van der Waals surface area contributed by atoms with Crippen LogP contribution in [0.4, 0.5) is 0 Å². The Hall–Kier alpha value is -1.35. The molecule has 1 aliphatic rings. The highest BCUT2D eigenvalue weighted by Crippen LogP contribution is 2.09. The zero-order valence-corrected chi connectivity index (χ0v) is 11.8. The van der Waals surface area contributed by atoms with Gasteiger partial charge >= 0.3 is 0 Å². The molecule has 0 bridgehead atoms. The summed E-state index contributed by atoms with van der Waals surface area (Å²) in [5.74, 6) is 0.175. The van der Waals surface area contributed by atoms with Crippen LogP contribution in [0.5, 0.6) is 0 Å². The van der Waals surface area contributed by atoms with Gasteiger partial charge in [-0.1, -0.05) is 38.0 Å². The second kappa shape index (κ2) is 7.29. The summed E-state index contributed by atoms with van der Waals surface area (Å²) in [5.41, 5.74) is 0.807. The molecule has 1 amide bonds. The van der Waals surface area contributed by atoms with E-state index in [9.17, 15) is 4.79 Å². The first kappa shape index (κ1) is 14.1. The Morgan fingerprint density at radius 3 is 2.37 bits per heavy atom. The first-order valence-electron chi connectivity index (χ1n) is 7.38. The number of carbonyl (C=O) groups excluding carboxylic acids is 1. The predicted octanol–water partition coefficient (Wildman–Crippen LogP) is 2.63. The number of rotatable bonds is 5. The first-order valence-corrected chi connectivity index (χ1v) is 7.38. The van der Waals surface area contributed by atoms with Crippen molar-refractivity contribution in [1.82, 2.24) is 9.80 Å². The van der Waals surface area contributed by atoms with Crippen LogP contribution < -0.4 is 0 Å². The Bertz CT molecular complexity index is 383. The van der Waals surface area contributed by atoms with Crippen molar-refractivity contribution < 1.29 is 4.79 Å². The van der Waals surface area contributed by atoms with Crippen molar-refractivity contribution in [2.45, 2.75) is 26.2 Å². The van der Waals surface area contributed by atoms with E-state index in [0.29, 0.717) is 0 Å². The Labute approximate surface area is 116 Å². The molecule has 1 aliphatic heterocycles. The summed E-state index contributed by atoms with van der Waals surface area (Å²) in [6.07, 6.45) is 3.86. The molecule has 1 aromatic rings. The van der Waals surface area contributed by atoms with E-state index < -0.39 is 0 Å². The average Bonchev–Trinajstić information content (AvgIpc) is 2.48. The molecule has 0 aromatic heterocycles. The monoisotopic (exact) mass is 260 g/mol. The predicted molar refractivity (Wildman–Crippen MR) is 78.3 cm³/mol. The standard InChI is InChI=1S/C16H24N2O/c1-2-3-7-10-17-11-13-18(14-12-17)16(19)15-8-5-4-6-9-15/h4-6,8-9H,2-3,7,10-14H2,1H3. The summed E-state index contributed by atoms with van der Waals surface area (Å²) in [4.78, 5) is 16.7. The Balaban J connectivity index is 1.78. The number of piperazine rings is 1. The van der Waals surface area contributed by atoms with E-state index in [-0.39, 0.29) is 5.91 Å². The first-order chi connectivity index (χ1) is 9.31. The van der Waals surface area contributed by atoms with Gasteiger partial charge in [-0.3, -0.25) is 9.69 Å². The Morgan fingerprint density at radius 1 is 1.05 bits per heavy atom. The van der Waals surface area contributed by atoms with Crippen LogP contribution in [0.3, 0.4) is 0 Å². The zero-order chi connectivity index (χ0) is 13.5. The lowest BCUT2D eigenvalue weighted by Crippen LogP contribution is -2.48. The number of carbonyl (C=O) groups is 1. The number of amides is 1. The fourth-order valence-electron chi connectivity index (χ4n) is 2.52. The molecule has 0 aliphatic carbocycles. The summed E-state index contributed by atoms with van der Waals surface area (Å²) in [6.45, 7) is 7.17. The fourth-order valence-corrected chi connectivity index (χ4v) is 2.52. The van der Waals surface area contributed by atoms with Crippen molar-refractivity contribution in [2.75, 3.05) is 32.7 Å². The molecule has 3 nitrogen and oxygen atoms in total. The van der Waals surface area contributed by atoms with Gasteiger partial charge in [0, 0.05) is 31.7 Å². The van der Waals surface area contributed by atoms with Gasteiger partial charge in [-0.05, 0) is 25.1 Å². The third kappa shape index (κ3) is 4.06. The summed E-state index contributed by atoms with van der Waals surface area (Å²) in [5, 5.41) is 0. The largest absolute Gasteiger partial charge is 0.336 e. The SMILES string of the molecule is CCCCCN1CCN(C(=O)c2ccccc2)CC1. The maximum absolute atomic E-state index is 12.3. The molecule has 0 saturated carbocycles. The molecule has 1 saturated heterocycles. The van der Waals surface area contributed by atoms with E-state index in [2.05, 4.69) is 11.8 Å². The zero-order valence-electron chi connectivity index (χ0n) is 11.8. The van der Waals surface area contributed by atoms with Crippen molar-refractivity contribution in [3.05, 3.63) is 35.9 Å². The van der Waals surface area contributed by atoms with Crippen molar-refractivity contribution in [3.8, 4) is 0 Å². The third-order valence-corrected chi connectivity index (χ3v) is 3.76. The Kier molecular flexibility index (Phi) is 5.40. The van der Waals surface area contributed by atoms with Crippen molar-refractivity contribution in [2.24, 2.45) is 0 Å². The lowest BCUT2D eigenvalue weighted by molar-refractivity contribution is 0.0635. The molecule has 1 heterocycles. The molecule has 104 valence electrons. The molecule has 2 rings (SSSR count). The van der Waals surface area contributed by atoms with Crippen LogP contribution in [-0.4, -0.2) is 48.4 Å². The van der Waals surface area contributed by atoms with Crippen LogP contribution in [0.1, 0.15) is 36.5 Å². The highest BCUT2D eigenvalue weighted by molar-refractivity contribution is 5.94. The van der Waals surface area contributed by atoms with Crippen molar-refractivity contribution in [1.29, 1.82) is 0 Å². The average molecular weight is 260 g/mol. The highest BCUT2D eigenvalue weighted by Gasteiger charge is 2.21. The number of benzene rings is 1. The van der Waals surface area contributed by atoms with E-state index >= 15 is 0 Å². The second-order valence-corrected chi connectivity index (χ2v) is 5.21. The molecule has 0 spiro atoms. The van der Waals surface area contributed by atoms with Gasteiger partial charge in [-0.25, -0.2) is 0 Å². The normalized spacial score (nSPS) is 16.6. The molecule has 1 aromatic carbocycles. The number of unbranched alkanes of at least 4 members (excludes halogenated alkanes) is 2. The minimum Gasteiger partial charge on any atom is -0.336 e. The van der Waals surface area contributed by atoms with Crippen LogP contribution in [0, 0.1) is 0 Å². The fraction of sp³-hybridized carbons (Fsp3) is 0.562. The summed E-state index contributed by atoms with van der Waals surface area (Å²) in [7, 11) is 0. The molecule has 3 heteroatoms. The van der Waals surface area contributed by atoms with Gasteiger partial charge in [0.1, 0.15) is 0 Å². The van der Waals surface area contributed by atoms with E-state index in [1.807, 2.05) is 35.2 Å². The van der Waals surface area contributed by atoms with E-state index in [4.69, 9.17) is 0 Å². The second-order valence-electron chi connectivity index (χ2n) is 5.21. The molecular formula is C16H24N2O. The maximum atomic E-state index is 12.3. The third-order valence-electron chi connectivity index (χ3n) is 3.76. The number of hydrogen-bond donors (Lipinski definition) is 0. The van der Waals surface area contributed by atoms with Crippen LogP contribution >= 0.6 is 0 Å². The molecular weight excluding hydrogens is 236 g/mol. The number of hydrogen-bond acceptors (Lipinski definition) is 2. The van der Waals surface area contributed by atoms with Crippen LogP contribution in [0.25, 0.3) is 0 Å². The van der Waals surface area contributed by atoms with E-state index in [1.54, 1.807) is 0 Å². The van der Waals surface area contributed by atoms with Crippen molar-refractivity contribution >= 4 is 5.91 Å². The van der Waals surface area contributed by atoms with Crippen LogP contribution in [0.2, 0.25) is 0 Å². The lowest BCUT2D eigenvalue weighted by atomic mass is 10.1. The highest BCUT2D eigenvalue weighted by atomic mass is 16.2. The van der Waals surface area contributed by atoms with Gasteiger partial charge in [-0.2, -0.15) is 0 Å². The maximum Gasteiger partial charge on any atom is 0.253 e. The van der Waals surface area contributed by atoms with Gasteiger partial charge < -0.3 is 4.90 Å². The molecule has 0 atom stereocenters. The molecule has 1 fully saturated rings. The minimum absolute atomic E-state index is 0.175. The van der Waals surface area contributed by atoms with Gasteiger partial charge in [0.25, 0.3) is 5.91 Å². The van der Waals surface area contributed by atoms with Gasteiger partial charge in [0.05, 0.1) is 0 Å². The molecule has 0 radical (unpaired) electrons. The topological polar surface area (TPSA) is 23.6 Å². The quantitative estimate of drug-likeness (QED) is 0.760. The molecule has 19 heavy (non-hydrogen) atoms. The Morgan fingerprint density at radius 2 is 1.74 bits per heavy atom. The summed E-state index contributed by atoms with van der Waals surface area (Å²) >= 11 is 0. The molecule has 0 unspecified atom stereocenters. The van der Waals surface area contributed by atoms with E-state index in [1.165, 1.54) is 25.8 Å². The van der Waals surface area contributed by atoms with Gasteiger partial charge in [0.15, 0.2) is 0 Å². The van der Waals surface area contributed by atoms with E-state index in [0.717, 1.165) is 31.7 Å². The van der Waals surface area contributed by atoms with Crippen LogP contribution in [-0.2, 0) is 0 Å². The van der Waals surface area contributed by atoms with Gasteiger partial charge in [0.2, 0.25) is 0 Å². The van der Waals surface area contributed by atoms with Crippen molar-refractivity contribution in [3.63, 3.8) is 0 Å². The summed E-state index contributed by atoms with van der Waals surface area (Å²) < 4.78 is 0. The van der Waals surface area contributed by atoms with Gasteiger partial charge in [-0.15, -0.1) is 0 Å². The van der Waals surface area contributed by atoms with Crippen LogP contribution in [0.15, 0.2) is 30.3 Å². The minimum atomic E-state index is 0.175. The summed E-state index contributed by atoms with van der Waals surface area (Å²) in [6, 6.07) is 9.59. The lowest BCUT2D eigenvalue weighted by Gasteiger charge is -2.34. The number of nitrogens with zero attached hydrogens (tertiary/aromatic N) is 2. The smallest absolute Gasteiger partial charge is 0.253 e. The molecule has 0 N–H and O–H groups in total.